The summed E-state index contributed by atoms with van der Waals surface area (Å²) >= 11 is 1.91. The number of amidine groups is 1. The van der Waals surface area contributed by atoms with Gasteiger partial charge in [-0.25, -0.2) is 0 Å². The zero-order chi connectivity index (χ0) is 10.9. The molecule has 2 nitrogen and oxygen atoms in total. The first-order chi connectivity index (χ1) is 7.15. The summed E-state index contributed by atoms with van der Waals surface area (Å²) in [7, 11) is 0. The average molecular weight is 226 g/mol. The molecule has 0 aromatic carbocycles. The van der Waals surface area contributed by atoms with Crippen LogP contribution < -0.4 is 5.32 Å². The molecule has 15 heavy (non-hydrogen) atoms. The summed E-state index contributed by atoms with van der Waals surface area (Å²) in [6.45, 7) is 6.81. The highest BCUT2D eigenvalue weighted by Crippen LogP contribution is 2.36. The van der Waals surface area contributed by atoms with Gasteiger partial charge in [-0.05, 0) is 31.6 Å². The Bertz CT molecular complexity index is 251. The number of aliphatic imine (C=N–C) groups is 1. The molecule has 1 atom stereocenters. The molecule has 0 radical (unpaired) electrons. The van der Waals surface area contributed by atoms with E-state index < -0.39 is 0 Å². The van der Waals surface area contributed by atoms with Crippen LogP contribution >= 0.6 is 11.8 Å². The Kier molecular flexibility index (Phi) is 3.29. The lowest BCUT2D eigenvalue weighted by molar-refractivity contribution is 0.211. The summed E-state index contributed by atoms with van der Waals surface area (Å²) in [5, 5.41) is 4.88. The molecule has 86 valence electrons. The van der Waals surface area contributed by atoms with Gasteiger partial charge in [0.15, 0.2) is 5.17 Å². The van der Waals surface area contributed by atoms with Gasteiger partial charge in [0.25, 0.3) is 0 Å². The molecule has 1 fully saturated rings. The Morgan fingerprint density at radius 3 is 2.67 bits per heavy atom. The zero-order valence-electron chi connectivity index (χ0n) is 10.0. The van der Waals surface area contributed by atoms with Gasteiger partial charge in [0.05, 0.1) is 6.04 Å². The molecule has 0 aromatic rings. The molecule has 2 rings (SSSR count). The molecule has 2 aliphatic rings. The van der Waals surface area contributed by atoms with E-state index in [1.165, 1.54) is 36.6 Å². The van der Waals surface area contributed by atoms with Crippen molar-refractivity contribution in [3.05, 3.63) is 0 Å². The van der Waals surface area contributed by atoms with Crippen molar-refractivity contribution in [1.82, 2.24) is 5.32 Å². The van der Waals surface area contributed by atoms with E-state index in [0.717, 1.165) is 0 Å². The topological polar surface area (TPSA) is 24.4 Å². The lowest BCUT2D eigenvalue weighted by Crippen LogP contribution is -2.52. The highest BCUT2D eigenvalue weighted by Gasteiger charge is 2.37. The van der Waals surface area contributed by atoms with E-state index in [1.54, 1.807) is 0 Å². The van der Waals surface area contributed by atoms with E-state index in [2.05, 4.69) is 26.1 Å². The van der Waals surface area contributed by atoms with Crippen LogP contribution in [-0.2, 0) is 0 Å². The fraction of sp³-hybridized carbons (Fsp3) is 0.917. The van der Waals surface area contributed by atoms with Gasteiger partial charge in [0.2, 0.25) is 0 Å². The van der Waals surface area contributed by atoms with Crippen LogP contribution in [0.4, 0.5) is 0 Å². The quantitative estimate of drug-likeness (QED) is 0.800. The van der Waals surface area contributed by atoms with Crippen LogP contribution in [0.3, 0.4) is 0 Å². The molecule has 1 heterocycles. The zero-order valence-corrected chi connectivity index (χ0v) is 10.9. The van der Waals surface area contributed by atoms with Crippen LogP contribution in [0.2, 0.25) is 0 Å². The molecule has 0 saturated heterocycles. The molecular weight excluding hydrogens is 204 g/mol. The van der Waals surface area contributed by atoms with E-state index in [0.29, 0.717) is 17.5 Å². The summed E-state index contributed by atoms with van der Waals surface area (Å²) in [4.78, 5) is 4.77. The highest BCUT2D eigenvalue weighted by atomic mass is 32.2. The van der Waals surface area contributed by atoms with Crippen molar-refractivity contribution in [2.75, 3.05) is 5.75 Å². The Balaban J connectivity index is 1.92. The minimum atomic E-state index is 0.400. The molecule has 1 unspecified atom stereocenters. The number of nitrogens with zero attached hydrogens (tertiary/aromatic N) is 1. The lowest BCUT2D eigenvalue weighted by Gasteiger charge is -2.42. The van der Waals surface area contributed by atoms with Gasteiger partial charge in [-0.2, -0.15) is 0 Å². The van der Waals surface area contributed by atoms with Crippen molar-refractivity contribution < 1.29 is 0 Å². The van der Waals surface area contributed by atoms with Crippen molar-refractivity contribution in [3.63, 3.8) is 0 Å². The first-order valence-corrected chi connectivity index (χ1v) is 7.12. The fourth-order valence-electron chi connectivity index (χ4n) is 2.20. The molecule has 1 saturated carbocycles. The van der Waals surface area contributed by atoms with Crippen molar-refractivity contribution in [2.24, 2.45) is 10.9 Å². The molecular formula is C12H22N2S. The van der Waals surface area contributed by atoms with Crippen LogP contribution in [-0.4, -0.2) is 22.5 Å². The second-order valence-electron chi connectivity index (χ2n) is 5.17. The first-order valence-electron chi connectivity index (χ1n) is 6.14. The Morgan fingerprint density at radius 2 is 2.27 bits per heavy atom. The summed E-state index contributed by atoms with van der Waals surface area (Å²) < 4.78 is 0. The van der Waals surface area contributed by atoms with Gasteiger partial charge in [-0.1, -0.05) is 32.5 Å². The van der Waals surface area contributed by atoms with Crippen molar-refractivity contribution in [2.45, 2.75) is 58.0 Å². The third-order valence-corrected chi connectivity index (χ3v) is 4.79. The predicted molar refractivity (Wildman–Crippen MR) is 68.5 cm³/mol. The van der Waals surface area contributed by atoms with Crippen molar-refractivity contribution in [3.8, 4) is 0 Å². The summed E-state index contributed by atoms with van der Waals surface area (Å²) in [5.74, 6) is 1.84. The highest BCUT2D eigenvalue weighted by molar-refractivity contribution is 8.14. The maximum absolute atomic E-state index is 4.77. The fourth-order valence-corrected chi connectivity index (χ4v) is 3.48. The minimum Gasteiger partial charge on any atom is -0.359 e. The lowest BCUT2D eigenvalue weighted by atomic mass is 9.75. The van der Waals surface area contributed by atoms with Gasteiger partial charge >= 0.3 is 0 Å². The second-order valence-corrected chi connectivity index (χ2v) is 6.18. The molecule has 1 aliphatic carbocycles. The largest absolute Gasteiger partial charge is 0.359 e. The van der Waals surface area contributed by atoms with E-state index in [9.17, 15) is 0 Å². The molecule has 0 amide bonds. The van der Waals surface area contributed by atoms with Crippen molar-refractivity contribution in [1.29, 1.82) is 0 Å². The number of thioether (sulfide) groups is 1. The SMILES string of the molecule is CCC1(NC2=NC(C(C)C)CS2)CCC1. The molecule has 3 heteroatoms. The minimum absolute atomic E-state index is 0.400. The summed E-state index contributed by atoms with van der Waals surface area (Å²) in [6.07, 6.45) is 5.27. The van der Waals surface area contributed by atoms with Gasteiger partial charge in [0, 0.05) is 11.3 Å². The van der Waals surface area contributed by atoms with Gasteiger partial charge in [-0.15, -0.1) is 0 Å². The summed E-state index contributed by atoms with van der Waals surface area (Å²) in [5.41, 5.74) is 0.400. The molecule has 0 bridgehead atoms. The van der Waals surface area contributed by atoms with Crippen LogP contribution in [0.5, 0.6) is 0 Å². The number of nitrogens with one attached hydrogen (secondary N) is 1. The molecule has 1 N–H and O–H groups in total. The number of hydrogen-bond donors (Lipinski definition) is 1. The van der Waals surface area contributed by atoms with Crippen LogP contribution in [0.25, 0.3) is 0 Å². The Hall–Kier alpha value is -0.180. The Morgan fingerprint density at radius 1 is 1.53 bits per heavy atom. The molecule has 0 aromatic heterocycles. The first kappa shape index (κ1) is 11.3. The van der Waals surface area contributed by atoms with E-state index in [1.807, 2.05) is 11.8 Å². The van der Waals surface area contributed by atoms with Gasteiger partial charge in [-0.3, -0.25) is 4.99 Å². The number of rotatable bonds is 3. The van der Waals surface area contributed by atoms with E-state index >= 15 is 0 Å². The maximum atomic E-state index is 4.77. The molecule has 1 aliphatic heterocycles. The third-order valence-electron chi connectivity index (χ3n) is 3.80. The number of hydrogen-bond acceptors (Lipinski definition) is 3. The van der Waals surface area contributed by atoms with Gasteiger partial charge < -0.3 is 5.32 Å². The van der Waals surface area contributed by atoms with E-state index in [4.69, 9.17) is 4.99 Å². The smallest absolute Gasteiger partial charge is 0.157 e. The summed E-state index contributed by atoms with van der Waals surface area (Å²) in [6, 6.07) is 0.534. The third kappa shape index (κ3) is 2.32. The van der Waals surface area contributed by atoms with E-state index in [-0.39, 0.29) is 0 Å². The second kappa shape index (κ2) is 4.36. The van der Waals surface area contributed by atoms with Crippen LogP contribution in [0, 0.1) is 5.92 Å². The predicted octanol–water partition coefficient (Wildman–Crippen LogP) is 3.04. The average Bonchev–Trinajstić information content (AvgIpc) is 2.59. The molecule has 0 spiro atoms. The Labute approximate surface area is 97.3 Å². The normalized spacial score (nSPS) is 28.8. The standard InChI is InChI=1S/C12H22N2S/c1-4-12(6-5-7-12)14-11-13-10(8-15-11)9(2)3/h9-10H,4-8H2,1-3H3,(H,13,14). The van der Waals surface area contributed by atoms with Gasteiger partial charge in [0.1, 0.15) is 0 Å². The van der Waals surface area contributed by atoms with Crippen LogP contribution in [0.1, 0.15) is 46.5 Å². The van der Waals surface area contributed by atoms with Crippen LogP contribution in [0.15, 0.2) is 4.99 Å². The monoisotopic (exact) mass is 226 g/mol. The maximum Gasteiger partial charge on any atom is 0.157 e. The van der Waals surface area contributed by atoms with Crippen molar-refractivity contribution >= 4 is 16.9 Å².